The number of hydrogen-bond donors (Lipinski definition) is 4. The SMILES string of the molecule is CCCCCCCCCCCCCCCC(=O)OC[C@H](COP(=O)(O)OCCNC(=O)CCCC[C@@H]1SC[C@@H]2NC(=O)N[C@@H]21)OC(=O)CCCCCCCCCCCCCCC.[Na+]. The average molecular weight is 941 g/mol. The minimum atomic E-state index is -4.56. The molecule has 2 aliphatic heterocycles. The monoisotopic (exact) mass is 941 g/mol. The molecule has 13 nitrogen and oxygen atoms in total. The third kappa shape index (κ3) is 33.3. The van der Waals surface area contributed by atoms with E-state index in [1.807, 2.05) is 11.8 Å². The predicted molar refractivity (Wildman–Crippen MR) is 250 cm³/mol. The Morgan fingerprint density at radius 2 is 1.14 bits per heavy atom. The molecule has 3 amide bonds. The first-order chi connectivity index (χ1) is 30.1. The number of ether oxygens (including phenoxy) is 2. The van der Waals surface area contributed by atoms with Crippen molar-refractivity contribution in [1.29, 1.82) is 0 Å². The van der Waals surface area contributed by atoms with Crippen LogP contribution in [0.2, 0.25) is 0 Å². The summed E-state index contributed by atoms with van der Waals surface area (Å²) in [5.74, 6) is -0.175. The molecule has 0 spiro atoms. The smallest absolute Gasteiger partial charge is 0.462 e. The average Bonchev–Trinajstić information content (AvgIpc) is 3.81. The maximum Gasteiger partial charge on any atom is 1.00 e. The first-order valence-electron chi connectivity index (χ1n) is 25.1. The van der Waals surface area contributed by atoms with E-state index >= 15 is 0 Å². The number of esters is 2. The fourth-order valence-corrected chi connectivity index (χ4v) is 10.4. The van der Waals surface area contributed by atoms with E-state index in [0.29, 0.717) is 30.9 Å². The van der Waals surface area contributed by atoms with Gasteiger partial charge in [-0.2, -0.15) is 11.8 Å². The van der Waals surface area contributed by atoms with E-state index in [1.54, 1.807) is 0 Å². The summed E-state index contributed by atoms with van der Waals surface area (Å²) in [4.78, 5) is 59.6. The second kappa shape index (κ2) is 40.2. The third-order valence-electron chi connectivity index (χ3n) is 11.9. The molecule has 2 rings (SSSR count). The number of amides is 3. The van der Waals surface area contributed by atoms with Crippen molar-refractivity contribution in [3.8, 4) is 0 Å². The van der Waals surface area contributed by atoms with E-state index in [2.05, 4.69) is 29.8 Å². The molecule has 63 heavy (non-hydrogen) atoms. The van der Waals surface area contributed by atoms with Gasteiger partial charge in [0, 0.05) is 36.8 Å². The third-order valence-corrected chi connectivity index (χ3v) is 14.4. The van der Waals surface area contributed by atoms with Crippen LogP contribution in [-0.2, 0) is 37.5 Å². The van der Waals surface area contributed by atoms with E-state index in [1.165, 1.54) is 116 Å². The number of urea groups is 1. The number of hydrogen-bond acceptors (Lipinski definition) is 10. The predicted octanol–water partition coefficient (Wildman–Crippen LogP) is 8.38. The van der Waals surface area contributed by atoms with Gasteiger partial charge in [0.05, 0.1) is 25.3 Å². The van der Waals surface area contributed by atoms with Crippen molar-refractivity contribution in [1.82, 2.24) is 16.0 Å². The Labute approximate surface area is 408 Å². The number of nitrogens with one attached hydrogen (secondary N) is 3. The van der Waals surface area contributed by atoms with Crippen molar-refractivity contribution in [2.24, 2.45) is 0 Å². The van der Waals surface area contributed by atoms with Crippen molar-refractivity contribution in [3.63, 3.8) is 0 Å². The van der Waals surface area contributed by atoms with Crippen LogP contribution in [0.3, 0.4) is 0 Å². The van der Waals surface area contributed by atoms with Crippen molar-refractivity contribution in [3.05, 3.63) is 0 Å². The molecule has 0 aromatic rings. The molecule has 4 N–H and O–H groups in total. The van der Waals surface area contributed by atoms with Gasteiger partial charge in [-0.1, -0.05) is 174 Å². The number of fused-ring (bicyclic) bond motifs is 1. The van der Waals surface area contributed by atoms with Gasteiger partial charge >= 0.3 is 55.3 Å². The summed E-state index contributed by atoms with van der Waals surface area (Å²) in [6, 6.07) is 0.201. The first kappa shape index (κ1) is 60.2. The van der Waals surface area contributed by atoms with E-state index in [-0.39, 0.29) is 86.2 Å². The number of phosphoric acid groups is 1. The Morgan fingerprint density at radius 3 is 1.67 bits per heavy atom. The molecule has 0 aromatic carbocycles. The van der Waals surface area contributed by atoms with Crippen molar-refractivity contribution >= 4 is 43.5 Å². The summed E-state index contributed by atoms with van der Waals surface area (Å²) in [5.41, 5.74) is 0. The molecule has 1 unspecified atom stereocenters. The topological polar surface area (TPSA) is 179 Å². The van der Waals surface area contributed by atoms with Gasteiger partial charge in [0.25, 0.3) is 0 Å². The molecule has 0 saturated carbocycles. The van der Waals surface area contributed by atoms with Gasteiger partial charge in [0.15, 0.2) is 6.10 Å². The minimum Gasteiger partial charge on any atom is -0.462 e. The zero-order chi connectivity index (χ0) is 44.9. The zero-order valence-corrected chi connectivity index (χ0v) is 43.7. The van der Waals surface area contributed by atoms with Gasteiger partial charge in [0.2, 0.25) is 5.91 Å². The quantitative estimate of drug-likeness (QED) is 0.0152. The maximum absolute atomic E-state index is 12.8. The van der Waals surface area contributed by atoms with Gasteiger partial charge in [-0.15, -0.1) is 0 Å². The van der Waals surface area contributed by atoms with Crippen molar-refractivity contribution in [2.45, 2.75) is 243 Å². The molecule has 5 atom stereocenters. The number of rotatable bonds is 43. The summed E-state index contributed by atoms with van der Waals surface area (Å²) in [7, 11) is -4.56. The van der Waals surface area contributed by atoms with Gasteiger partial charge < -0.3 is 30.3 Å². The number of carbonyl (C=O) groups excluding carboxylic acids is 4. The van der Waals surface area contributed by atoms with Crippen LogP contribution in [0.1, 0.15) is 219 Å². The summed E-state index contributed by atoms with van der Waals surface area (Å²) >= 11 is 1.84. The molecule has 0 bridgehead atoms. The number of carbonyl (C=O) groups is 4. The Bertz CT molecular complexity index is 1240. The number of phosphoric ester groups is 1. The molecule has 0 aromatic heterocycles. The molecule has 16 heteroatoms. The Morgan fingerprint density at radius 1 is 0.667 bits per heavy atom. The zero-order valence-electron chi connectivity index (χ0n) is 39.9. The summed E-state index contributed by atoms with van der Waals surface area (Å²) in [6.45, 7) is 3.47. The van der Waals surface area contributed by atoms with Crippen LogP contribution in [0.15, 0.2) is 0 Å². The van der Waals surface area contributed by atoms with Crippen molar-refractivity contribution < 1.29 is 76.7 Å². The van der Waals surface area contributed by atoms with Gasteiger partial charge in [-0.25, -0.2) is 9.36 Å². The normalized spacial score (nSPS) is 18.1. The van der Waals surface area contributed by atoms with Crippen LogP contribution in [0.25, 0.3) is 0 Å². The van der Waals surface area contributed by atoms with E-state index in [0.717, 1.165) is 57.1 Å². The fourth-order valence-electron chi connectivity index (χ4n) is 8.12. The molecule has 362 valence electrons. The van der Waals surface area contributed by atoms with Crippen LogP contribution < -0.4 is 45.5 Å². The van der Waals surface area contributed by atoms with E-state index in [4.69, 9.17) is 18.5 Å². The number of thioether (sulfide) groups is 1. The first-order valence-corrected chi connectivity index (χ1v) is 27.6. The Balaban J connectivity index is 0.0000198. The summed E-state index contributed by atoms with van der Waals surface area (Å²) in [6.07, 6.45) is 33.3. The molecule has 0 radical (unpaired) electrons. The Hall–Kier alpha value is -0.860. The molecule has 2 fully saturated rings. The molecule has 2 saturated heterocycles. The van der Waals surface area contributed by atoms with E-state index in [9.17, 15) is 28.6 Å². The molecule has 0 aliphatic carbocycles. The van der Waals surface area contributed by atoms with Gasteiger partial charge in [0.1, 0.15) is 6.61 Å². The number of unbranched alkanes of at least 4 members (excludes halogenated alkanes) is 25. The second-order valence-electron chi connectivity index (χ2n) is 17.6. The van der Waals surface area contributed by atoms with Crippen LogP contribution in [0.5, 0.6) is 0 Å². The van der Waals surface area contributed by atoms with Gasteiger partial charge in [-0.05, 0) is 25.7 Å². The largest absolute Gasteiger partial charge is 1.00 e. The fraction of sp³-hybridized carbons (Fsp3) is 0.915. The molecular formula is C47H88N3NaO10PS+. The standard InChI is InChI=1S/C47H88N3O10PS.Na/c1-3-5-7-9-11-13-15-17-19-21-23-25-27-33-44(52)57-37-40(60-45(53)34-28-26-24-22-20-18-16-14-12-10-8-6-4-2)38-59-61(55,56)58-36-35-48-43(51)32-30-29-31-42-46-41(39-62-42)49-47(54)50-46;/h40-42,46H,3-39H2,1-2H3,(H,48,51)(H,55,56)(H2,49,50,54);/q;+1/t40-,41+,42+,46+;/m1./s1. The molecule has 2 heterocycles. The van der Waals surface area contributed by atoms with E-state index < -0.39 is 32.5 Å². The van der Waals surface area contributed by atoms with Crippen LogP contribution >= 0.6 is 19.6 Å². The summed E-state index contributed by atoms with van der Waals surface area (Å²) < 4.78 is 34.0. The molecule has 2 aliphatic rings. The Kier molecular flexibility index (Phi) is 38.4. The van der Waals surface area contributed by atoms with Gasteiger partial charge in [-0.3, -0.25) is 23.4 Å². The maximum atomic E-state index is 12.8. The minimum absolute atomic E-state index is 0. The summed E-state index contributed by atoms with van der Waals surface area (Å²) in [5, 5.41) is 8.94. The second-order valence-corrected chi connectivity index (χ2v) is 20.3. The molecular weight excluding hydrogens is 853 g/mol. The van der Waals surface area contributed by atoms with Crippen LogP contribution in [-0.4, -0.2) is 84.3 Å². The van der Waals surface area contributed by atoms with Crippen molar-refractivity contribution in [2.75, 3.05) is 32.1 Å². The van der Waals surface area contributed by atoms with Crippen LogP contribution in [0, 0.1) is 0 Å². The van der Waals surface area contributed by atoms with Crippen LogP contribution in [0.4, 0.5) is 4.79 Å².